The Kier molecular flexibility index (Phi) is 8.56. The molecular weight excluding hydrogens is 584 g/mol. The summed E-state index contributed by atoms with van der Waals surface area (Å²) in [7, 11) is 0. The molecular formula is C35H42N6O5. The van der Waals surface area contributed by atoms with Crippen molar-refractivity contribution in [2.24, 2.45) is 11.8 Å². The van der Waals surface area contributed by atoms with E-state index in [2.05, 4.69) is 23.5 Å². The number of aliphatic hydroxyl groups excluding tert-OH is 1. The molecule has 6 rings (SSSR count). The Morgan fingerprint density at radius 3 is 2.46 bits per heavy atom. The molecule has 3 saturated heterocycles. The number of carbonyl (C=O) groups excluding carboxylic acids is 3. The number of benzene rings is 2. The van der Waals surface area contributed by atoms with Crippen LogP contribution in [0.2, 0.25) is 0 Å². The molecule has 3 aliphatic rings. The number of ether oxygens (including phenoxy) is 1. The van der Waals surface area contributed by atoms with E-state index in [1.54, 1.807) is 26.6 Å². The molecule has 11 nitrogen and oxygen atoms in total. The monoisotopic (exact) mass is 626 g/mol. The molecule has 2 bridgehead atoms. The lowest BCUT2D eigenvalue weighted by atomic mass is 9.64. The van der Waals surface area contributed by atoms with Gasteiger partial charge in [-0.15, -0.1) is 18.3 Å². The molecule has 0 aliphatic carbocycles. The van der Waals surface area contributed by atoms with Crippen LogP contribution >= 0.6 is 0 Å². The summed E-state index contributed by atoms with van der Waals surface area (Å²) in [5.41, 5.74) is 0.00112. The molecule has 0 saturated carbocycles. The van der Waals surface area contributed by atoms with Gasteiger partial charge in [-0.1, -0.05) is 61.5 Å². The van der Waals surface area contributed by atoms with E-state index in [0.29, 0.717) is 36.9 Å². The van der Waals surface area contributed by atoms with Crippen molar-refractivity contribution >= 4 is 34.4 Å². The van der Waals surface area contributed by atoms with Crippen LogP contribution in [0.25, 0.3) is 11.0 Å². The summed E-state index contributed by atoms with van der Waals surface area (Å²) in [4.78, 5) is 49.1. The van der Waals surface area contributed by atoms with Gasteiger partial charge < -0.3 is 24.5 Å². The molecule has 1 N–H and O–H groups in total. The summed E-state index contributed by atoms with van der Waals surface area (Å²) in [5, 5.41) is 19.0. The third-order valence-corrected chi connectivity index (χ3v) is 10.2. The number of carbonyl (C=O) groups is 3. The lowest BCUT2D eigenvalue weighted by molar-refractivity contribution is -0.157. The van der Waals surface area contributed by atoms with Gasteiger partial charge in [0, 0.05) is 18.8 Å². The Bertz CT molecular complexity index is 1640. The van der Waals surface area contributed by atoms with Crippen LogP contribution in [0.1, 0.15) is 39.5 Å². The summed E-state index contributed by atoms with van der Waals surface area (Å²) in [6.45, 7) is 11.8. The second kappa shape index (κ2) is 12.4. The minimum atomic E-state index is -1.24. The predicted octanol–water partition coefficient (Wildman–Crippen LogP) is 3.55. The molecule has 3 aromatic rings. The number of nitrogens with zero attached hydrogens (tertiary/aromatic N) is 6. The molecule has 1 aromatic heterocycles. The Morgan fingerprint density at radius 2 is 1.78 bits per heavy atom. The topological polar surface area (TPSA) is 121 Å². The van der Waals surface area contributed by atoms with Gasteiger partial charge in [0.25, 0.3) is 0 Å². The second-order valence-electron chi connectivity index (χ2n) is 12.5. The number of fused-ring (bicyclic) bond motifs is 2. The van der Waals surface area contributed by atoms with Gasteiger partial charge in [0.05, 0.1) is 35.6 Å². The zero-order chi connectivity index (χ0) is 32.6. The van der Waals surface area contributed by atoms with E-state index < -0.39 is 35.1 Å². The lowest BCUT2D eigenvalue weighted by Crippen LogP contribution is -2.59. The summed E-state index contributed by atoms with van der Waals surface area (Å²) in [6, 6.07) is 15.1. The van der Waals surface area contributed by atoms with Crippen molar-refractivity contribution in [1.82, 2.24) is 24.8 Å². The molecule has 242 valence electrons. The van der Waals surface area contributed by atoms with Gasteiger partial charge in [-0.25, -0.2) is 4.68 Å². The molecule has 3 aliphatic heterocycles. The first-order chi connectivity index (χ1) is 22.3. The first kappa shape index (κ1) is 31.6. The van der Waals surface area contributed by atoms with Crippen LogP contribution in [0.15, 0.2) is 79.9 Å². The quantitative estimate of drug-likeness (QED) is 0.288. The van der Waals surface area contributed by atoms with Crippen molar-refractivity contribution in [3.05, 3.63) is 79.9 Å². The molecule has 2 unspecified atom stereocenters. The largest absolute Gasteiger partial charge is 0.394 e. The van der Waals surface area contributed by atoms with Crippen LogP contribution in [0.3, 0.4) is 0 Å². The number of rotatable bonds is 13. The average molecular weight is 627 g/mol. The summed E-state index contributed by atoms with van der Waals surface area (Å²) >= 11 is 0. The van der Waals surface area contributed by atoms with Gasteiger partial charge in [-0.3, -0.25) is 14.4 Å². The van der Waals surface area contributed by atoms with E-state index in [4.69, 9.17) is 4.74 Å². The molecule has 2 aromatic carbocycles. The molecule has 0 radical (unpaired) electrons. The van der Waals surface area contributed by atoms with E-state index in [1.165, 1.54) is 4.90 Å². The minimum absolute atomic E-state index is 0.0724. The number of para-hydroxylation sites is 2. The highest BCUT2D eigenvalue weighted by atomic mass is 16.5. The van der Waals surface area contributed by atoms with Gasteiger partial charge >= 0.3 is 0 Å². The van der Waals surface area contributed by atoms with Crippen molar-refractivity contribution in [3.8, 4) is 0 Å². The number of anilines is 1. The van der Waals surface area contributed by atoms with Gasteiger partial charge in [-0.05, 0) is 49.9 Å². The SMILES string of the molecule is C=CCN(Cn1nnc2ccccc21)C(=O)C1N([C@@H](CC)CO)C(=O)[C@@H]2[C@@H](C(=O)N(CC=C)c3ccccc3)[C@@]3(CC)CCC12O3. The maximum atomic E-state index is 14.9. The summed E-state index contributed by atoms with van der Waals surface area (Å²) in [6.07, 6.45) is 5.21. The van der Waals surface area contributed by atoms with Gasteiger partial charge in [0.15, 0.2) is 0 Å². The molecule has 3 fully saturated rings. The fourth-order valence-electron chi connectivity index (χ4n) is 8.07. The Labute approximate surface area is 269 Å². The first-order valence-corrected chi connectivity index (χ1v) is 16.1. The van der Waals surface area contributed by atoms with Crippen LogP contribution in [0.4, 0.5) is 5.69 Å². The van der Waals surface area contributed by atoms with E-state index in [-0.39, 0.29) is 44.1 Å². The van der Waals surface area contributed by atoms with Crippen molar-refractivity contribution < 1.29 is 24.2 Å². The number of aromatic nitrogens is 3. The number of aliphatic hydroxyl groups is 1. The molecule has 1 spiro atoms. The Morgan fingerprint density at radius 1 is 1.07 bits per heavy atom. The van der Waals surface area contributed by atoms with E-state index in [1.807, 2.05) is 68.4 Å². The van der Waals surface area contributed by atoms with E-state index >= 15 is 0 Å². The van der Waals surface area contributed by atoms with Gasteiger partial charge in [0.1, 0.15) is 23.8 Å². The highest BCUT2D eigenvalue weighted by Crippen LogP contribution is 2.65. The maximum absolute atomic E-state index is 14.9. The fourth-order valence-corrected chi connectivity index (χ4v) is 8.07. The van der Waals surface area contributed by atoms with Crippen molar-refractivity contribution in [2.75, 3.05) is 24.6 Å². The average Bonchev–Trinajstić information content (AvgIpc) is 3.81. The third kappa shape index (κ3) is 4.75. The molecule has 11 heteroatoms. The Balaban J connectivity index is 1.44. The van der Waals surface area contributed by atoms with E-state index in [0.717, 1.165) is 5.52 Å². The fraction of sp³-hybridized carbons (Fsp3) is 0.457. The lowest BCUT2D eigenvalue weighted by Gasteiger charge is -2.39. The maximum Gasteiger partial charge on any atom is 0.250 e. The molecule has 6 atom stereocenters. The van der Waals surface area contributed by atoms with Gasteiger partial charge in [-0.2, -0.15) is 0 Å². The minimum Gasteiger partial charge on any atom is -0.394 e. The highest BCUT2D eigenvalue weighted by molar-refractivity contribution is 6.03. The number of likely N-dealkylation sites (tertiary alicyclic amines) is 1. The van der Waals surface area contributed by atoms with Crippen molar-refractivity contribution in [1.29, 1.82) is 0 Å². The summed E-state index contributed by atoms with van der Waals surface area (Å²) in [5.74, 6) is -2.60. The smallest absolute Gasteiger partial charge is 0.250 e. The molecule has 3 amide bonds. The zero-order valence-electron chi connectivity index (χ0n) is 26.5. The third-order valence-electron chi connectivity index (χ3n) is 10.2. The normalized spacial score (nSPS) is 27.1. The van der Waals surface area contributed by atoms with Crippen LogP contribution in [-0.2, 0) is 25.8 Å². The van der Waals surface area contributed by atoms with E-state index in [9.17, 15) is 19.5 Å². The Hall–Kier alpha value is -4.35. The second-order valence-corrected chi connectivity index (χ2v) is 12.5. The first-order valence-electron chi connectivity index (χ1n) is 16.1. The highest BCUT2D eigenvalue weighted by Gasteiger charge is 2.79. The molecule has 46 heavy (non-hydrogen) atoms. The standard InChI is InChI=1S/C35H42N6O5/c1-5-20-38(23-40-27-17-13-12-16-26(27)36-37-40)33(45)30-35-19-18-34(8-4,46-35)28(29(35)32(44)41(30)24(7-3)22-42)31(43)39(21-6-2)25-14-10-9-11-15-25/h5-6,9-17,24,28-30,42H,1-2,7-8,18-23H2,3-4H3/t24-,28-,29-,30?,34+,35?/m0/s1. The van der Waals surface area contributed by atoms with Crippen molar-refractivity contribution in [2.45, 2.75) is 69.5 Å². The van der Waals surface area contributed by atoms with Crippen LogP contribution in [0, 0.1) is 11.8 Å². The predicted molar refractivity (Wildman–Crippen MR) is 173 cm³/mol. The zero-order valence-corrected chi connectivity index (χ0v) is 26.5. The van der Waals surface area contributed by atoms with Crippen LogP contribution in [0.5, 0.6) is 0 Å². The summed E-state index contributed by atoms with van der Waals surface area (Å²) < 4.78 is 8.65. The van der Waals surface area contributed by atoms with Crippen LogP contribution < -0.4 is 4.90 Å². The number of amides is 3. The van der Waals surface area contributed by atoms with Crippen molar-refractivity contribution in [3.63, 3.8) is 0 Å². The number of hydrogen-bond acceptors (Lipinski definition) is 7. The van der Waals surface area contributed by atoms with Gasteiger partial charge in [0.2, 0.25) is 17.7 Å². The van der Waals surface area contributed by atoms with Crippen LogP contribution in [-0.4, -0.2) is 90.6 Å². The molecule has 4 heterocycles. The number of hydrogen-bond donors (Lipinski definition) is 1.